The number of aromatic nitrogens is 3. The van der Waals surface area contributed by atoms with E-state index in [-0.39, 0.29) is 5.91 Å². The maximum Gasteiger partial charge on any atom is 0.255 e. The lowest BCUT2D eigenvalue weighted by Gasteiger charge is -2.30. The first-order valence-electron chi connectivity index (χ1n) is 7.52. The molecule has 2 aromatic heterocycles. The Balaban J connectivity index is 1.81. The minimum absolute atomic E-state index is 0.0237. The number of likely N-dealkylation sites (tertiary alicyclic amines) is 1. The number of fused-ring (bicyclic) bond motifs is 1. The Labute approximate surface area is 138 Å². The van der Waals surface area contributed by atoms with Gasteiger partial charge in [0.05, 0.1) is 10.6 Å². The van der Waals surface area contributed by atoms with Crippen molar-refractivity contribution in [2.24, 2.45) is 7.05 Å². The molecule has 0 aliphatic carbocycles. The molecule has 5 nitrogen and oxygen atoms in total. The van der Waals surface area contributed by atoms with Crippen molar-refractivity contribution in [3.8, 4) is 11.4 Å². The van der Waals surface area contributed by atoms with Crippen LogP contribution in [0.2, 0.25) is 5.02 Å². The average molecular weight is 327 g/mol. The van der Waals surface area contributed by atoms with Gasteiger partial charge in [-0.15, -0.1) is 0 Å². The molecule has 116 valence electrons. The molecule has 1 aliphatic rings. The molecule has 0 bridgehead atoms. The molecule has 0 atom stereocenters. The molecule has 0 unspecified atom stereocenters. The third-order valence-corrected chi connectivity index (χ3v) is 4.54. The molecule has 3 aromatic rings. The van der Waals surface area contributed by atoms with E-state index in [1.165, 1.54) is 0 Å². The highest BCUT2D eigenvalue weighted by Gasteiger charge is 2.23. The van der Waals surface area contributed by atoms with Crippen LogP contribution in [0.1, 0.15) is 16.8 Å². The highest BCUT2D eigenvalue weighted by Crippen LogP contribution is 2.29. The van der Waals surface area contributed by atoms with E-state index in [4.69, 9.17) is 11.6 Å². The van der Waals surface area contributed by atoms with E-state index < -0.39 is 0 Å². The van der Waals surface area contributed by atoms with E-state index in [1.807, 2.05) is 46.8 Å². The highest BCUT2D eigenvalue weighted by molar-refractivity contribution is 6.33. The molecule has 1 aromatic carbocycles. The van der Waals surface area contributed by atoms with Crippen LogP contribution in [-0.2, 0) is 7.05 Å². The molecule has 0 saturated carbocycles. The largest absolute Gasteiger partial charge is 0.338 e. The summed E-state index contributed by atoms with van der Waals surface area (Å²) in [6.45, 7) is 1.65. The third-order valence-electron chi connectivity index (χ3n) is 4.21. The Morgan fingerprint density at radius 2 is 2.04 bits per heavy atom. The van der Waals surface area contributed by atoms with Crippen molar-refractivity contribution >= 4 is 28.7 Å². The maximum absolute atomic E-state index is 12.3. The van der Waals surface area contributed by atoms with Gasteiger partial charge in [-0.05, 0) is 24.6 Å². The van der Waals surface area contributed by atoms with Gasteiger partial charge >= 0.3 is 0 Å². The van der Waals surface area contributed by atoms with Crippen molar-refractivity contribution in [1.29, 1.82) is 0 Å². The Kier molecular flexibility index (Phi) is 3.31. The second kappa shape index (κ2) is 5.35. The standard InChI is InChI=1S/C17H15ClN4O/c1-21-15(12-5-2-3-6-13(12)18)20-14-9-11(10-19-16(14)21)17(23)22-7-4-8-22/h2-3,5-6,9-10H,4,7-8H2,1H3. The van der Waals surface area contributed by atoms with Gasteiger partial charge in [-0.25, -0.2) is 9.97 Å². The number of halogens is 1. The second-order valence-electron chi connectivity index (χ2n) is 5.69. The molecular weight excluding hydrogens is 312 g/mol. The number of benzene rings is 1. The number of amides is 1. The lowest BCUT2D eigenvalue weighted by Crippen LogP contribution is -2.42. The van der Waals surface area contributed by atoms with Gasteiger partial charge in [-0.3, -0.25) is 4.79 Å². The quantitative estimate of drug-likeness (QED) is 0.727. The van der Waals surface area contributed by atoms with Crippen LogP contribution < -0.4 is 0 Å². The fraction of sp³-hybridized carbons (Fsp3) is 0.235. The predicted octanol–water partition coefficient (Wildman–Crippen LogP) is 3.13. The lowest BCUT2D eigenvalue weighted by molar-refractivity contribution is 0.0651. The van der Waals surface area contributed by atoms with Crippen LogP contribution in [0.4, 0.5) is 0 Å². The third kappa shape index (κ3) is 2.28. The van der Waals surface area contributed by atoms with Crippen LogP contribution in [0.3, 0.4) is 0 Å². The predicted molar refractivity (Wildman–Crippen MR) is 89.5 cm³/mol. The molecule has 1 amide bonds. The number of imidazole rings is 1. The molecule has 4 rings (SSSR count). The number of rotatable bonds is 2. The number of carbonyl (C=O) groups excluding carboxylic acids is 1. The number of hydrogen-bond donors (Lipinski definition) is 0. The van der Waals surface area contributed by atoms with Gasteiger partial charge in [-0.1, -0.05) is 23.7 Å². The number of nitrogens with zero attached hydrogens (tertiary/aromatic N) is 4. The summed E-state index contributed by atoms with van der Waals surface area (Å²) in [6, 6.07) is 9.38. The fourth-order valence-electron chi connectivity index (χ4n) is 2.78. The summed E-state index contributed by atoms with van der Waals surface area (Å²) in [7, 11) is 1.90. The smallest absolute Gasteiger partial charge is 0.255 e. The molecule has 3 heterocycles. The minimum Gasteiger partial charge on any atom is -0.338 e. The van der Waals surface area contributed by atoms with E-state index in [1.54, 1.807) is 6.20 Å². The first-order chi connectivity index (χ1) is 11.1. The van der Waals surface area contributed by atoms with Crippen LogP contribution in [0.5, 0.6) is 0 Å². The van der Waals surface area contributed by atoms with Crippen molar-refractivity contribution in [3.05, 3.63) is 47.1 Å². The summed E-state index contributed by atoms with van der Waals surface area (Å²) in [5.74, 6) is 0.766. The average Bonchev–Trinajstić information content (AvgIpc) is 2.82. The van der Waals surface area contributed by atoms with Gasteiger partial charge in [0, 0.05) is 31.9 Å². The van der Waals surface area contributed by atoms with Crippen LogP contribution in [-0.4, -0.2) is 38.4 Å². The van der Waals surface area contributed by atoms with Crippen LogP contribution in [0, 0.1) is 0 Å². The van der Waals surface area contributed by atoms with Crippen molar-refractivity contribution in [3.63, 3.8) is 0 Å². The van der Waals surface area contributed by atoms with Gasteiger partial charge in [0.1, 0.15) is 11.3 Å². The molecule has 1 fully saturated rings. The molecule has 1 aliphatic heterocycles. The highest BCUT2D eigenvalue weighted by atomic mass is 35.5. The molecule has 0 N–H and O–H groups in total. The van der Waals surface area contributed by atoms with E-state index in [2.05, 4.69) is 9.97 Å². The van der Waals surface area contributed by atoms with E-state index in [0.29, 0.717) is 16.1 Å². The Morgan fingerprint density at radius 1 is 1.26 bits per heavy atom. The number of pyridine rings is 1. The van der Waals surface area contributed by atoms with Crippen LogP contribution >= 0.6 is 11.6 Å². The Morgan fingerprint density at radius 3 is 2.74 bits per heavy atom. The molecule has 0 radical (unpaired) electrons. The summed E-state index contributed by atoms with van der Waals surface area (Å²) in [4.78, 5) is 23.2. The zero-order chi connectivity index (χ0) is 16.0. The summed E-state index contributed by atoms with van der Waals surface area (Å²) in [6.07, 6.45) is 2.70. The molecule has 0 spiro atoms. The first-order valence-corrected chi connectivity index (χ1v) is 7.89. The van der Waals surface area contributed by atoms with Gasteiger partial charge in [-0.2, -0.15) is 0 Å². The molecular formula is C17H15ClN4O. The van der Waals surface area contributed by atoms with Crippen LogP contribution in [0.15, 0.2) is 36.5 Å². The van der Waals surface area contributed by atoms with Gasteiger partial charge in [0.2, 0.25) is 0 Å². The summed E-state index contributed by atoms with van der Waals surface area (Å²) >= 11 is 6.27. The zero-order valence-corrected chi connectivity index (χ0v) is 13.4. The van der Waals surface area contributed by atoms with Crippen molar-refractivity contribution < 1.29 is 4.79 Å². The minimum atomic E-state index is 0.0237. The molecule has 1 saturated heterocycles. The second-order valence-corrected chi connectivity index (χ2v) is 6.09. The van der Waals surface area contributed by atoms with Crippen molar-refractivity contribution in [2.75, 3.05) is 13.1 Å². The summed E-state index contributed by atoms with van der Waals surface area (Å²) in [5.41, 5.74) is 2.88. The monoisotopic (exact) mass is 326 g/mol. The van der Waals surface area contributed by atoms with Crippen molar-refractivity contribution in [1.82, 2.24) is 19.4 Å². The number of aryl methyl sites for hydroxylation is 1. The summed E-state index contributed by atoms with van der Waals surface area (Å²) in [5, 5.41) is 0.641. The molecule has 23 heavy (non-hydrogen) atoms. The van der Waals surface area contributed by atoms with E-state index in [0.717, 1.165) is 36.5 Å². The summed E-state index contributed by atoms with van der Waals surface area (Å²) < 4.78 is 1.90. The van der Waals surface area contributed by atoms with Gasteiger partial charge in [0.15, 0.2) is 5.65 Å². The number of carbonyl (C=O) groups is 1. The lowest BCUT2D eigenvalue weighted by atomic mass is 10.1. The van der Waals surface area contributed by atoms with Crippen molar-refractivity contribution in [2.45, 2.75) is 6.42 Å². The number of hydrogen-bond acceptors (Lipinski definition) is 3. The fourth-order valence-corrected chi connectivity index (χ4v) is 3.00. The van der Waals surface area contributed by atoms with Crippen LogP contribution in [0.25, 0.3) is 22.6 Å². The SMILES string of the molecule is Cn1c(-c2ccccc2Cl)nc2cc(C(=O)N3CCC3)cnc21. The van der Waals surface area contributed by atoms with E-state index >= 15 is 0 Å². The topological polar surface area (TPSA) is 51.0 Å². The molecule has 6 heteroatoms. The Bertz CT molecular complexity index is 914. The maximum atomic E-state index is 12.3. The zero-order valence-electron chi connectivity index (χ0n) is 12.7. The first kappa shape index (κ1) is 14.2. The Hall–Kier alpha value is -2.40. The van der Waals surface area contributed by atoms with Gasteiger partial charge in [0.25, 0.3) is 5.91 Å². The van der Waals surface area contributed by atoms with E-state index in [9.17, 15) is 4.79 Å². The normalized spacial score (nSPS) is 14.1. The van der Waals surface area contributed by atoms with Gasteiger partial charge < -0.3 is 9.47 Å².